The summed E-state index contributed by atoms with van der Waals surface area (Å²) in [5, 5.41) is 3.21. The lowest BCUT2D eigenvalue weighted by molar-refractivity contribution is 0.349. The molecule has 0 aliphatic carbocycles. The highest BCUT2D eigenvalue weighted by Gasteiger charge is 2.31. The SMILES string of the molecule is CCN(C1CCNC1)S(=O)(=O)c1ccc(Br)cc1. The third-order valence-corrected chi connectivity index (χ3v) is 5.74. The van der Waals surface area contributed by atoms with Gasteiger partial charge in [-0.15, -0.1) is 0 Å². The average Bonchev–Trinajstić information content (AvgIpc) is 2.84. The summed E-state index contributed by atoms with van der Waals surface area (Å²) in [6, 6.07) is 6.87. The molecule has 2 rings (SSSR count). The maximum Gasteiger partial charge on any atom is 0.243 e. The maximum absolute atomic E-state index is 12.5. The van der Waals surface area contributed by atoms with Gasteiger partial charge in [0.1, 0.15) is 0 Å². The third kappa shape index (κ3) is 2.77. The second-order valence-corrected chi connectivity index (χ2v) is 7.12. The van der Waals surface area contributed by atoms with Crippen LogP contribution in [0.25, 0.3) is 0 Å². The van der Waals surface area contributed by atoms with Crippen LogP contribution in [0, 0.1) is 0 Å². The van der Waals surface area contributed by atoms with Gasteiger partial charge in [-0.25, -0.2) is 8.42 Å². The lowest BCUT2D eigenvalue weighted by atomic mass is 10.3. The zero-order valence-electron chi connectivity index (χ0n) is 10.3. The molecular weight excluding hydrogens is 316 g/mol. The van der Waals surface area contributed by atoms with Gasteiger partial charge < -0.3 is 5.32 Å². The molecule has 4 nitrogen and oxygen atoms in total. The van der Waals surface area contributed by atoms with E-state index in [1.807, 2.05) is 6.92 Å². The molecule has 1 aromatic rings. The predicted molar refractivity (Wildman–Crippen MR) is 75.0 cm³/mol. The number of nitrogens with zero attached hydrogens (tertiary/aromatic N) is 1. The fourth-order valence-electron chi connectivity index (χ4n) is 2.25. The molecule has 0 saturated carbocycles. The van der Waals surface area contributed by atoms with Crippen molar-refractivity contribution in [2.75, 3.05) is 19.6 Å². The molecule has 0 amide bonds. The van der Waals surface area contributed by atoms with Crippen LogP contribution in [0.1, 0.15) is 13.3 Å². The van der Waals surface area contributed by atoms with E-state index < -0.39 is 10.0 Å². The van der Waals surface area contributed by atoms with Crippen molar-refractivity contribution in [1.29, 1.82) is 0 Å². The highest BCUT2D eigenvalue weighted by molar-refractivity contribution is 9.10. The second kappa shape index (κ2) is 5.69. The van der Waals surface area contributed by atoms with Gasteiger partial charge in [0, 0.05) is 23.6 Å². The van der Waals surface area contributed by atoms with Crippen LogP contribution in [-0.4, -0.2) is 38.4 Å². The van der Waals surface area contributed by atoms with Crippen molar-refractivity contribution in [2.24, 2.45) is 0 Å². The molecule has 1 atom stereocenters. The highest BCUT2D eigenvalue weighted by atomic mass is 79.9. The van der Waals surface area contributed by atoms with Crippen molar-refractivity contribution in [3.05, 3.63) is 28.7 Å². The lowest BCUT2D eigenvalue weighted by Gasteiger charge is -2.26. The van der Waals surface area contributed by atoms with E-state index >= 15 is 0 Å². The van der Waals surface area contributed by atoms with E-state index in [1.165, 1.54) is 0 Å². The Morgan fingerprint density at radius 2 is 2.06 bits per heavy atom. The van der Waals surface area contributed by atoms with Crippen molar-refractivity contribution in [2.45, 2.75) is 24.3 Å². The van der Waals surface area contributed by atoms with Crippen molar-refractivity contribution in [3.8, 4) is 0 Å². The molecule has 0 spiro atoms. The number of sulfonamides is 1. The Morgan fingerprint density at radius 3 is 2.56 bits per heavy atom. The van der Waals surface area contributed by atoms with E-state index in [-0.39, 0.29) is 6.04 Å². The van der Waals surface area contributed by atoms with Crippen LogP contribution in [0.4, 0.5) is 0 Å². The molecule has 0 radical (unpaired) electrons. The molecule has 1 N–H and O–H groups in total. The van der Waals surface area contributed by atoms with Crippen LogP contribution >= 0.6 is 15.9 Å². The van der Waals surface area contributed by atoms with Crippen molar-refractivity contribution < 1.29 is 8.42 Å². The van der Waals surface area contributed by atoms with Gasteiger partial charge >= 0.3 is 0 Å². The summed E-state index contributed by atoms with van der Waals surface area (Å²) in [4.78, 5) is 0.361. The minimum absolute atomic E-state index is 0.0728. The zero-order chi connectivity index (χ0) is 13.2. The van der Waals surface area contributed by atoms with Gasteiger partial charge in [-0.2, -0.15) is 4.31 Å². The average molecular weight is 333 g/mol. The Morgan fingerprint density at radius 1 is 1.39 bits per heavy atom. The van der Waals surface area contributed by atoms with Crippen LogP contribution in [0.2, 0.25) is 0 Å². The van der Waals surface area contributed by atoms with Crippen LogP contribution < -0.4 is 5.32 Å². The lowest BCUT2D eigenvalue weighted by Crippen LogP contribution is -2.41. The first-order chi connectivity index (χ1) is 8.55. The van der Waals surface area contributed by atoms with E-state index in [4.69, 9.17) is 0 Å². The first-order valence-corrected chi connectivity index (χ1v) is 8.27. The van der Waals surface area contributed by atoms with Crippen LogP contribution in [0.15, 0.2) is 33.6 Å². The Balaban J connectivity index is 2.30. The first kappa shape index (κ1) is 14.0. The normalized spacial score (nSPS) is 20.5. The third-order valence-electron chi connectivity index (χ3n) is 3.17. The molecule has 1 fully saturated rings. The number of hydrogen-bond donors (Lipinski definition) is 1. The molecular formula is C12H17BrN2O2S. The Labute approximate surface area is 117 Å². The van der Waals surface area contributed by atoms with Crippen molar-refractivity contribution in [1.82, 2.24) is 9.62 Å². The molecule has 0 aromatic heterocycles. The van der Waals surface area contributed by atoms with Gasteiger partial charge in [-0.3, -0.25) is 0 Å². The summed E-state index contributed by atoms with van der Waals surface area (Å²) in [7, 11) is -3.38. The molecule has 1 unspecified atom stereocenters. The minimum atomic E-state index is -3.38. The largest absolute Gasteiger partial charge is 0.315 e. The van der Waals surface area contributed by atoms with E-state index in [0.717, 1.165) is 24.0 Å². The predicted octanol–water partition coefficient (Wildman–Crippen LogP) is 1.82. The number of likely N-dealkylation sites (N-methyl/N-ethyl adjacent to an activating group) is 1. The van der Waals surface area contributed by atoms with Gasteiger partial charge in [-0.05, 0) is 37.2 Å². The molecule has 0 bridgehead atoms. The van der Waals surface area contributed by atoms with E-state index in [2.05, 4.69) is 21.2 Å². The first-order valence-electron chi connectivity index (χ1n) is 6.04. The monoisotopic (exact) mass is 332 g/mol. The van der Waals surface area contributed by atoms with Gasteiger partial charge in [-0.1, -0.05) is 22.9 Å². The number of rotatable bonds is 4. The van der Waals surface area contributed by atoms with Gasteiger partial charge in [0.05, 0.1) is 4.90 Å². The van der Waals surface area contributed by atoms with Gasteiger partial charge in [0.25, 0.3) is 0 Å². The minimum Gasteiger partial charge on any atom is -0.315 e. The van der Waals surface area contributed by atoms with Gasteiger partial charge in [0.15, 0.2) is 0 Å². The molecule has 1 heterocycles. The number of nitrogens with one attached hydrogen (secondary N) is 1. The topological polar surface area (TPSA) is 49.4 Å². The quantitative estimate of drug-likeness (QED) is 0.914. The smallest absolute Gasteiger partial charge is 0.243 e. The van der Waals surface area contributed by atoms with Crippen molar-refractivity contribution in [3.63, 3.8) is 0 Å². The summed E-state index contributed by atoms with van der Waals surface area (Å²) >= 11 is 3.31. The van der Waals surface area contributed by atoms with E-state index in [0.29, 0.717) is 11.4 Å². The molecule has 1 aliphatic heterocycles. The summed E-state index contributed by atoms with van der Waals surface area (Å²) in [6.45, 7) is 4.01. The molecule has 1 aromatic carbocycles. The zero-order valence-corrected chi connectivity index (χ0v) is 12.7. The molecule has 1 saturated heterocycles. The van der Waals surface area contributed by atoms with Crippen LogP contribution in [-0.2, 0) is 10.0 Å². The van der Waals surface area contributed by atoms with Crippen LogP contribution in [0.5, 0.6) is 0 Å². The standard InChI is InChI=1S/C12H17BrN2O2S/c1-2-15(11-7-8-14-9-11)18(16,17)12-5-3-10(13)4-6-12/h3-6,11,14H,2,7-9H2,1H3. The molecule has 18 heavy (non-hydrogen) atoms. The Bertz CT molecular complexity index is 495. The Hall–Kier alpha value is -0.430. The van der Waals surface area contributed by atoms with E-state index in [9.17, 15) is 8.42 Å². The molecule has 6 heteroatoms. The number of hydrogen-bond acceptors (Lipinski definition) is 3. The van der Waals surface area contributed by atoms with Crippen molar-refractivity contribution >= 4 is 26.0 Å². The number of halogens is 1. The number of benzene rings is 1. The second-order valence-electron chi connectivity index (χ2n) is 4.31. The van der Waals surface area contributed by atoms with Gasteiger partial charge in [0.2, 0.25) is 10.0 Å². The maximum atomic E-state index is 12.5. The van der Waals surface area contributed by atoms with Crippen LogP contribution in [0.3, 0.4) is 0 Å². The van der Waals surface area contributed by atoms with E-state index in [1.54, 1.807) is 28.6 Å². The molecule has 1 aliphatic rings. The summed E-state index contributed by atoms with van der Waals surface area (Å²) < 4.78 is 27.6. The fraction of sp³-hybridized carbons (Fsp3) is 0.500. The highest BCUT2D eigenvalue weighted by Crippen LogP contribution is 2.22. The molecule has 100 valence electrons. The summed E-state index contributed by atoms with van der Waals surface area (Å²) in [5.41, 5.74) is 0. The summed E-state index contributed by atoms with van der Waals surface area (Å²) in [6.07, 6.45) is 0.879. The fourth-order valence-corrected chi connectivity index (χ4v) is 4.18. The Kier molecular flexibility index (Phi) is 4.42. The summed E-state index contributed by atoms with van der Waals surface area (Å²) in [5.74, 6) is 0.